The van der Waals surface area contributed by atoms with Gasteiger partial charge < -0.3 is 15.4 Å². The zero-order valence-electron chi connectivity index (χ0n) is 11.2. The normalized spacial score (nSPS) is 25.2. The SMILES string of the molecule is N=C(N)c1ccc(C(F)(F)F)nc1N1CC2CCC(C1)O2. The number of fused-ring (bicyclic) bond motifs is 2. The molecule has 3 heterocycles. The number of pyridine rings is 1. The Hall–Kier alpha value is -1.83. The van der Waals surface area contributed by atoms with Crippen molar-refractivity contribution in [1.29, 1.82) is 5.41 Å². The highest BCUT2D eigenvalue weighted by molar-refractivity contribution is 5.99. The van der Waals surface area contributed by atoms with Gasteiger partial charge in [-0.2, -0.15) is 13.2 Å². The largest absolute Gasteiger partial charge is 0.433 e. The van der Waals surface area contributed by atoms with Crippen LogP contribution in [0.5, 0.6) is 0 Å². The lowest BCUT2D eigenvalue weighted by atomic mass is 10.1. The summed E-state index contributed by atoms with van der Waals surface area (Å²) in [5, 5.41) is 7.54. The van der Waals surface area contributed by atoms with Gasteiger partial charge in [-0.15, -0.1) is 0 Å². The quantitative estimate of drug-likeness (QED) is 0.644. The Morgan fingerprint density at radius 1 is 1.29 bits per heavy atom. The number of alkyl halides is 3. The zero-order valence-corrected chi connectivity index (χ0v) is 11.2. The van der Waals surface area contributed by atoms with Crippen molar-refractivity contribution >= 4 is 11.7 Å². The van der Waals surface area contributed by atoms with E-state index in [2.05, 4.69) is 4.98 Å². The van der Waals surface area contributed by atoms with Gasteiger partial charge in [-0.05, 0) is 25.0 Å². The maximum atomic E-state index is 12.8. The van der Waals surface area contributed by atoms with Crippen molar-refractivity contribution in [2.24, 2.45) is 5.73 Å². The molecule has 5 nitrogen and oxygen atoms in total. The molecule has 0 aliphatic carbocycles. The van der Waals surface area contributed by atoms with Crippen LogP contribution in [0.4, 0.5) is 19.0 Å². The molecule has 0 amide bonds. The van der Waals surface area contributed by atoms with Crippen molar-refractivity contribution in [3.05, 3.63) is 23.4 Å². The summed E-state index contributed by atoms with van der Waals surface area (Å²) in [6.07, 6.45) is -2.69. The van der Waals surface area contributed by atoms with Gasteiger partial charge in [0.05, 0.1) is 17.8 Å². The number of anilines is 1. The van der Waals surface area contributed by atoms with Gasteiger partial charge >= 0.3 is 6.18 Å². The highest BCUT2D eigenvalue weighted by Crippen LogP contribution is 2.33. The summed E-state index contributed by atoms with van der Waals surface area (Å²) in [6, 6.07) is 2.07. The molecule has 114 valence electrons. The fraction of sp³-hybridized carbons (Fsp3) is 0.538. The van der Waals surface area contributed by atoms with Gasteiger partial charge in [0, 0.05) is 13.1 Å². The number of nitrogens with one attached hydrogen (secondary N) is 1. The minimum absolute atomic E-state index is 0.0138. The molecule has 0 saturated carbocycles. The fourth-order valence-electron chi connectivity index (χ4n) is 2.85. The summed E-state index contributed by atoms with van der Waals surface area (Å²) < 4.78 is 44.2. The molecule has 21 heavy (non-hydrogen) atoms. The van der Waals surface area contributed by atoms with E-state index in [4.69, 9.17) is 15.9 Å². The van der Waals surface area contributed by atoms with Crippen LogP contribution in [-0.2, 0) is 10.9 Å². The van der Waals surface area contributed by atoms with Gasteiger partial charge in [0.2, 0.25) is 0 Å². The first-order valence-electron chi connectivity index (χ1n) is 6.67. The van der Waals surface area contributed by atoms with E-state index in [0.29, 0.717) is 13.1 Å². The third-order valence-corrected chi connectivity index (χ3v) is 3.80. The summed E-state index contributed by atoms with van der Waals surface area (Å²) in [7, 11) is 0. The summed E-state index contributed by atoms with van der Waals surface area (Å²) in [4.78, 5) is 5.46. The van der Waals surface area contributed by atoms with Crippen molar-refractivity contribution in [3.63, 3.8) is 0 Å². The number of hydrogen-bond donors (Lipinski definition) is 2. The Bertz CT molecular complexity index is 563. The lowest BCUT2D eigenvalue weighted by molar-refractivity contribution is -0.141. The van der Waals surface area contributed by atoms with E-state index in [1.54, 1.807) is 4.90 Å². The Morgan fingerprint density at radius 3 is 2.43 bits per heavy atom. The highest BCUT2D eigenvalue weighted by atomic mass is 19.4. The maximum absolute atomic E-state index is 12.8. The van der Waals surface area contributed by atoms with Crippen molar-refractivity contribution in [1.82, 2.24) is 4.98 Å². The van der Waals surface area contributed by atoms with Crippen LogP contribution in [0.3, 0.4) is 0 Å². The molecule has 2 aliphatic rings. The molecule has 1 aromatic heterocycles. The van der Waals surface area contributed by atoms with Crippen LogP contribution in [0, 0.1) is 5.41 Å². The van der Waals surface area contributed by atoms with E-state index in [9.17, 15) is 13.2 Å². The number of amidine groups is 1. The molecule has 8 heteroatoms. The van der Waals surface area contributed by atoms with E-state index >= 15 is 0 Å². The molecule has 0 radical (unpaired) electrons. The number of hydrogen-bond acceptors (Lipinski definition) is 4. The molecule has 0 aromatic carbocycles. The second kappa shape index (κ2) is 4.87. The lowest BCUT2D eigenvalue weighted by Gasteiger charge is -2.34. The van der Waals surface area contributed by atoms with Crippen LogP contribution < -0.4 is 10.6 Å². The van der Waals surface area contributed by atoms with Crippen LogP contribution in [0.2, 0.25) is 0 Å². The number of halogens is 3. The molecule has 2 saturated heterocycles. The molecule has 3 rings (SSSR count). The Kier molecular flexibility index (Phi) is 3.27. The Balaban J connectivity index is 2.00. The third-order valence-electron chi connectivity index (χ3n) is 3.80. The van der Waals surface area contributed by atoms with Crippen LogP contribution in [0.25, 0.3) is 0 Å². The molecule has 3 N–H and O–H groups in total. The molecule has 2 bridgehead atoms. The van der Waals surface area contributed by atoms with Crippen molar-refractivity contribution in [2.45, 2.75) is 31.2 Å². The predicted molar refractivity (Wildman–Crippen MR) is 70.4 cm³/mol. The van der Waals surface area contributed by atoms with Gasteiger partial charge in [0.15, 0.2) is 0 Å². The first-order chi connectivity index (χ1) is 9.84. The number of ether oxygens (including phenoxy) is 1. The second-order valence-corrected chi connectivity index (χ2v) is 5.34. The Morgan fingerprint density at radius 2 is 1.90 bits per heavy atom. The molecular formula is C13H15F3N4O. The van der Waals surface area contributed by atoms with Gasteiger partial charge in [0.1, 0.15) is 17.3 Å². The van der Waals surface area contributed by atoms with Crippen LogP contribution in [0.1, 0.15) is 24.1 Å². The van der Waals surface area contributed by atoms with E-state index in [0.717, 1.165) is 18.9 Å². The van der Waals surface area contributed by atoms with Crippen molar-refractivity contribution in [3.8, 4) is 0 Å². The first kappa shape index (κ1) is 14.1. The number of nitrogens with two attached hydrogens (primary N) is 1. The van der Waals surface area contributed by atoms with Crippen LogP contribution in [-0.4, -0.2) is 36.1 Å². The van der Waals surface area contributed by atoms with E-state index < -0.39 is 11.9 Å². The van der Waals surface area contributed by atoms with Crippen molar-refractivity contribution in [2.75, 3.05) is 18.0 Å². The van der Waals surface area contributed by atoms with E-state index in [1.807, 2.05) is 0 Å². The molecule has 2 fully saturated rings. The zero-order chi connectivity index (χ0) is 15.2. The fourth-order valence-corrected chi connectivity index (χ4v) is 2.85. The smallest absolute Gasteiger partial charge is 0.384 e. The van der Waals surface area contributed by atoms with Crippen molar-refractivity contribution < 1.29 is 17.9 Å². The van der Waals surface area contributed by atoms with Gasteiger partial charge in [-0.3, -0.25) is 5.41 Å². The summed E-state index contributed by atoms with van der Waals surface area (Å²) in [6.45, 7) is 0.955. The lowest BCUT2D eigenvalue weighted by Crippen LogP contribution is -2.44. The summed E-state index contributed by atoms with van der Waals surface area (Å²) >= 11 is 0. The summed E-state index contributed by atoms with van der Waals surface area (Å²) in [5.74, 6) is -0.164. The minimum atomic E-state index is -4.52. The topological polar surface area (TPSA) is 75.2 Å². The molecular weight excluding hydrogens is 285 g/mol. The molecule has 2 aliphatic heterocycles. The number of nitrogen functional groups attached to an aromatic ring is 1. The molecule has 0 spiro atoms. The maximum Gasteiger partial charge on any atom is 0.433 e. The molecule has 2 atom stereocenters. The predicted octanol–water partition coefficient (Wildman–Crippen LogP) is 1.75. The Labute approximate surface area is 119 Å². The summed E-state index contributed by atoms with van der Waals surface area (Å²) in [5.41, 5.74) is 4.72. The first-order valence-corrected chi connectivity index (χ1v) is 6.67. The van der Waals surface area contributed by atoms with E-state index in [1.165, 1.54) is 6.07 Å². The molecule has 1 aromatic rings. The number of rotatable bonds is 2. The number of aromatic nitrogens is 1. The van der Waals surface area contributed by atoms with Gasteiger partial charge in [-0.1, -0.05) is 0 Å². The standard InChI is InChI=1S/C13H15F3N4O/c14-13(15,16)10-4-3-9(11(17)18)12(19-10)20-5-7-1-2-8(6-20)21-7/h3-4,7-8H,1-2,5-6H2,(H3,17,18). The third kappa shape index (κ3) is 2.67. The minimum Gasteiger partial charge on any atom is -0.384 e. The average Bonchev–Trinajstić information content (AvgIpc) is 2.75. The monoisotopic (exact) mass is 300 g/mol. The number of nitrogens with zero attached hydrogens (tertiary/aromatic N) is 2. The van der Waals surface area contributed by atoms with Gasteiger partial charge in [-0.25, -0.2) is 4.98 Å². The van der Waals surface area contributed by atoms with Gasteiger partial charge in [0.25, 0.3) is 0 Å². The second-order valence-electron chi connectivity index (χ2n) is 5.34. The average molecular weight is 300 g/mol. The molecule has 2 unspecified atom stereocenters. The van der Waals surface area contributed by atoms with E-state index in [-0.39, 0.29) is 29.4 Å². The van der Waals surface area contributed by atoms with Crippen LogP contribution >= 0.6 is 0 Å². The van der Waals surface area contributed by atoms with Crippen LogP contribution in [0.15, 0.2) is 12.1 Å². The number of morpholine rings is 1. The highest BCUT2D eigenvalue weighted by Gasteiger charge is 2.37.